The van der Waals surface area contributed by atoms with Crippen molar-refractivity contribution in [1.29, 1.82) is 0 Å². The zero-order valence-corrected chi connectivity index (χ0v) is 31.1. The Morgan fingerprint density at radius 3 is 1.79 bits per heavy atom. The Bertz CT molecular complexity index is 1010. The van der Waals surface area contributed by atoms with Crippen LogP contribution in [0.25, 0.3) is 0 Å². The lowest BCUT2D eigenvalue weighted by atomic mass is 9.44. The molecule has 0 N–H and O–H groups in total. The number of nitrogens with zero attached hydrogens (tertiary/aromatic N) is 2. The molecule has 6 rings (SSSR count). The van der Waals surface area contributed by atoms with E-state index in [1.807, 2.05) is 0 Å². The summed E-state index contributed by atoms with van der Waals surface area (Å²) in [5.41, 5.74) is 0.377. The smallest absolute Gasteiger partial charge is 0.303 e. The normalized spacial score (nSPS) is 44.7. The number of piperidine rings is 2. The van der Waals surface area contributed by atoms with Crippen molar-refractivity contribution in [3.8, 4) is 0 Å². The second kappa shape index (κ2) is 13.1. The van der Waals surface area contributed by atoms with Crippen molar-refractivity contribution < 1.29 is 62.0 Å². The second-order valence-corrected chi connectivity index (χ2v) is 16.7. The number of esters is 2. The predicted molar refractivity (Wildman–Crippen MR) is 161 cm³/mol. The molecule has 248 valence electrons. The standard InChI is InChI=1S/C35H60N2O4.2BrH/c1-24(38)40-32-21-26-13-14-27-28(35(26,4)23-31(32)37(6)19-11-8-12-20-37)15-16-34(3)29(27)22-30(33(34)41-25(2)39)36(5)17-9-7-10-18-36;;/h26-33H,7-23H2,1-6H3;2*1H/q+2;;/p-2. The van der Waals surface area contributed by atoms with E-state index in [9.17, 15) is 9.59 Å². The number of rotatable bonds is 4. The Morgan fingerprint density at radius 2 is 1.23 bits per heavy atom. The maximum absolute atomic E-state index is 12.5. The predicted octanol–water partition coefficient (Wildman–Crippen LogP) is 0.119. The first-order valence-electron chi connectivity index (χ1n) is 17.4. The highest BCUT2D eigenvalue weighted by Gasteiger charge is 2.68. The van der Waals surface area contributed by atoms with Crippen molar-refractivity contribution in [3.05, 3.63) is 0 Å². The van der Waals surface area contributed by atoms with E-state index in [0.29, 0.717) is 35.3 Å². The summed E-state index contributed by atoms with van der Waals surface area (Å²) in [5, 5.41) is 0. The van der Waals surface area contributed by atoms with Crippen LogP contribution in [0, 0.1) is 34.5 Å². The molecule has 0 radical (unpaired) electrons. The number of hydrogen-bond donors (Lipinski definition) is 0. The third-order valence-corrected chi connectivity index (χ3v) is 14.5. The number of hydrogen-bond acceptors (Lipinski definition) is 4. The average molecular weight is 733 g/mol. The molecule has 0 spiro atoms. The molecule has 6 nitrogen and oxygen atoms in total. The number of fused-ring (bicyclic) bond motifs is 5. The van der Waals surface area contributed by atoms with E-state index >= 15 is 0 Å². The molecule has 6 aliphatic rings. The van der Waals surface area contributed by atoms with Crippen LogP contribution in [0.4, 0.5) is 0 Å². The van der Waals surface area contributed by atoms with Crippen molar-refractivity contribution in [1.82, 2.24) is 0 Å². The lowest BCUT2D eigenvalue weighted by Crippen LogP contribution is -3.00. The summed E-state index contributed by atoms with van der Waals surface area (Å²) >= 11 is 0. The number of quaternary nitrogens is 2. The quantitative estimate of drug-likeness (QED) is 0.305. The SMILES string of the molecule is CC(=O)OC1CC2CCC3C(CCC4(C)C3CC([N+]3(C)CCCCC3)C4OC(C)=O)C2(C)CC1[N+]1(C)CCCCC1.[Br-].[Br-]. The van der Waals surface area contributed by atoms with Gasteiger partial charge >= 0.3 is 11.9 Å². The van der Waals surface area contributed by atoms with E-state index in [2.05, 4.69) is 27.9 Å². The molecule has 10 unspecified atom stereocenters. The van der Waals surface area contributed by atoms with Crippen molar-refractivity contribution in [2.75, 3.05) is 40.3 Å². The maximum Gasteiger partial charge on any atom is 0.303 e. The molecule has 2 aliphatic heterocycles. The van der Waals surface area contributed by atoms with Crippen molar-refractivity contribution in [3.63, 3.8) is 0 Å². The minimum absolute atomic E-state index is 0. The number of halogens is 2. The van der Waals surface area contributed by atoms with E-state index < -0.39 is 0 Å². The fourth-order valence-corrected chi connectivity index (χ4v) is 12.3. The summed E-state index contributed by atoms with van der Waals surface area (Å²) in [6, 6.07) is 0.846. The first-order valence-corrected chi connectivity index (χ1v) is 17.4. The third kappa shape index (κ3) is 6.15. The number of carbonyl (C=O) groups is 2. The van der Waals surface area contributed by atoms with Crippen molar-refractivity contribution >= 4 is 11.9 Å². The molecule has 0 aromatic heterocycles. The Labute approximate surface area is 283 Å². The molecular weight excluding hydrogens is 672 g/mol. The van der Waals surface area contributed by atoms with Crippen LogP contribution in [0.3, 0.4) is 0 Å². The van der Waals surface area contributed by atoms with Crippen LogP contribution in [0.15, 0.2) is 0 Å². The van der Waals surface area contributed by atoms with Gasteiger partial charge < -0.3 is 52.4 Å². The number of likely N-dealkylation sites (N-methyl/N-ethyl adjacent to an activating group) is 2. The average Bonchev–Trinajstić information content (AvgIpc) is 3.21. The minimum atomic E-state index is -0.0998. The van der Waals surface area contributed by atoms with Gasteiger partial charge in [0.1, 0.15) is 12.1 Å². The Morgan fingerprint density at radius 1 is 0.674 bits per heavy atom. The lowest BCUT2D eigenvalue weighted by Gasteiger charge is -2.63. The van der Waals surface area contributed by atoms with E-state index in [1.54, 1.807) is 13.8 Å². The Kier molecular flexibility index (Phi) is 10.9. The zero-order valence-electron chi connectivity index (χ0n) is 27.9. The summed E-state index contributed by atoms with van der Waals surface area (Å²) in [6.07, 6.45) is 16.4. The van der Waals surface area contributed by atoms with Gasteiger partial charge in [0.2, 0.25) is 0 Å². The van der Waals surface area contributed by atoms with E-state index in [-0.39, 0.29) is 63.5 Å². The Hall–Kier alpha value is -0.180. The van der Waals surface area contributed by atoms with Crippen LogP contribution in [0.1, 0.15) is 111 Å². The van der Waals surface area contributed by atoms with Crippen LogP contribution < -0.4 is 34.0 Å². The Balaban J connectivity index is 0.00000212. The summed E-state index contributed by atoms with van der Waals surface area (Å²) in [7, 11) is 4.94. The minimum Gasteiger partial charge on any atom is -1.00 e. The highest BCUT2D eigenvalue weighted by Crippen LogP contribution is 2.68. The van der Waals surface area contributed by atoms with Crippen LogP contribution in [-0.2, 0) is 19.1 Å². The second-order valence-electron chi connectivity index (χ2n) is 16.7. The number of carbonyl (C=O) groups excluding carboxylic acids is 2. The fourth-order valence-electron chi connectivity index (χ4n) is 12.3. The molecule has 0 aromatic carbocycles. The zero-order chi connectivity index (χ0) is 29.2. The molecule has 0 aromatic rings. The van der Waals surface area contributed by atoms with Gasteiger partial charge in [-0.3, -0.25) is 9.59 Å². The van der Waals surface area contributed by atoms with Gasteiger partial charge in [-0.15, -0.1) is 0 Å². The van der Waals surface area contributed by atoms with Gasteiger partial charge in [0.25, 0.3) is 0 Å². The van der Waals surface area contributed by atoms with Crippen molar-refractivity contribution in [2.24, 2.45) is 34.5 Å². The van der Waals surface area contributed by atoms with Gasteiger partial charge in [-0.1, -0.05) is 13.8 Å². The fraction of sp³-hybridized carbons (Fsp3) is 0.943. The van der Waals surface area contributed by atoms with Gasteiger partial charge in [-0.25, -0.2) is 0 Å². The first kappa shape index (κ1) is 35.7. The van der Waals surface area contributed by atoms with Crippen LogP contribution in [0.2, 0.25) is 0 Å². The summed E-state index contributed by atoms with van der Waals surface area (Å²) in [6.45, 7) is 13.3. The van der Waals surface area contributed by atoms with Crippen molar-refractivity contribution in [2.45, 2.75) is 135 Å². The van der Waals surface area contributed by atoms with Crippen LogP contribution in [-0.4, -0.2) is 85.5 Å². The molecule has 10 atom stereocenters. The molecule has 4 saturated carbocycles. The summed E-state index contributed by atoms with van der Waals surface area (Å²) in [5.74, 6) is 2.52. The highest BCUT2D eigenvalue weighted by molar-refractivity contribution is 5.66. The number of ether oxygens (including phenoxy) is 2. The lowest BCUT2D eigenvalue weighted by molar-refractivity contribution is -0.943. The van der Waals surface area contributed by atoms with E-state index in [1.165, 1.54) is 103 Å². The molecule has 6 fully saturated rings. The molecule has 8 heteroatoms. The largest absolute Gasteiger partial charge is 1.00 e. The summed E-state index contributed by atoms with van der Waals surface area (Å²) < 4.78 is 14.7. The summed E-state index contributed by atoms with van der Waals surface area (Å²) in [4.78, 5) is 24.8. The monoisotopic (exact) mass is 730 g/mol. The van der Waals surface area contributed by atoms with Crippen LogP contribution >= 0.6 is 0 Å². The molecule has 43 heavy (non-hydrogen) atoms. The van der Waals surface area contributed by atoms with Crippen LogP contribution in [0.5, 0.6) is 0 Å². The van der Waals surface area contributed by atoms with E-state index in [0.717, 1.165) is 21.3 Å². The molecule has 0 amide bonds. The van der Waals surface area contributed by atoms with Gasteiger partial charge in [0.15, 0.2) is 12.2 Å². The maximum atomic E-state index is 12.5. The molecule has 2 saturated heterocycles. The molecule has 2 heterocycles. The first-order chi connectivity index (χ1) is 19.4. The van der Waals surface area contributed by atoms with Gasteiger partial charge in [0, 0.05) is 32.1 Å². The molecule has 4 aliphatic carbocycles. The van der Waals surface area contributed by atoms with Gasteiger partial charge in [-0.2, -0.15) is 0 Å². The van der Waals surface area contributed by atoms with Gasteiger partial charge in [0.05, 0.1) is 40.3 Å². The third-order valence-electron chi connectivity index (χ3n) is 14.5. The number of likely N-dealkylation sites (tertiary alicyclic amines) is 2. The highest BCUT2D eigenvalue weighted by atomic mass is 79.9. The molecule has 0 bridgehead atoms. The topological polar surface area (TPSA) is 52.6 Å². The van der Waals surface area contributed by atoms with Gasteiger partial charge in [-0.05, 0) is 99.7 Å². The molecular formula is C35H60Br2N2O4. The van der Waals surface area contributed by atoms with E-state index in [4.69, 9.17) is 9.47 Å².